The molecule has 0 aliphatic carbocycles. The summed E-state index contributed by atoms with van der Waals surface area (Å²) in [6.45, 7) is 0. The van der Waals surface area contributed by atoms with Crippen LogP contribution in [0.4, 0.5) is 4.39 Å². The molecule has 0 radical (unpaired) electrons. The molecule has 2 aromatic heterocycles. The molecule has 0 saturated heterocycles. The van der Waals surface area contributed by atoms with Gasteiger partial charge in [-0.2, -0.15) is 0 Å². The first-order valence-corrected chi connectivity index (χ1v) is 8.56. The number of halogens is 1. The number of benzene rings is 1. The Morgan fingerprint density at radius 2 is 1.80 bits per heavy atom. The molecule has 128 valence electrons. The van der Waals surface area contributed by atoms with Crippen LogP contribution in [0.5, 0.6) is 5.88 Å². The molecule has 25 heavy (non-hydrogen) atoms. The van der Waals surface area contributed by atoms with Crippen LogP contribution in [0.15, 0.2) is 79.3 Å². The Morgan fingerprint density at radius 3 is 2.40 bits per heavy atom. The lowest BCUT2D eigenvalue weighted by atomic mass is 9.99. The highest BCUT2D eigenvalue weighted by Crippen LogP contribution is 2.43. The molecule has 7 heteroatoms. The maximum atomic E-state index is 16.0. The zero-order valence-corrected chi connectivity index (χ0v) is 13.8. The van der Waals surface area contributed by atoms with E-state index in [1.54, 1.807) is 48.5 Å². The fourth-order valence-electron chi connectivity index (χ4n) is 2.44. The molecule has 0 amide bonds. The third-order valence-electron chi connectivity index (χ3n) is 3.62. The van der Waals surface area contributed by atoms with E-state index in [1.165, 1.54) is 30.7 Å². The summed E-state index contributed by atoms with van der Waals surface area (Å²) < 4.78 is 43.5. The standard InChI is InChI=1S/C18H15FN2O3S/c19-18(25(22)23,15-8-2-1-3-9-15)17(14-7-6-11-20-13-14)24-16-10-4-5-12-21-16/h1-13,17H,(H,22,23)/t17-,18-/m0/s1. The molecule has 3 aromatic rings. The molecule has 0 bridgehead atoms. The number of hydrogen-bond donors (Lipinski definition) is 1. The van der Waals surface area contributed by atoms with Crippen molar-refractivity contribution < 1.29 is 17.9 Å². The number of hydrogen-bond acceptors (Lipinski definition) is 4. The molecule has 2 heterocycles. The molecular formula is C18H15FN2O3S. The zero-order valence-electron chi connectivity index (χ0n) is 13.0. The summed E-state index contributed by atoms with van der Waals surface area (Å²) in [5.74, 6) is 0.139. The molecule has 0 spiro atoms. The summed E-state index contributed by atoms with van der Waals surface area (Å²) in [6.07, 6.45) is 3.01. The minimum Gasteiger partial charge on any atom is -0.464 e. The highest BCUT2D eigenvalue weighted by Gasteiger charge is 2.50. The molecule has 3 rings (SSSR count). The van der Waals surface area contributed by atoms with Crippen molar-refractivity contribution in [3.8, 4) is 5.88 Å². The number of alkyl halides is 1. The van der Waals surface area contributed by atoms with Crippen molar-refractivity contribution in [1.29, 1.82) is 0 Å². The highest BCUT2D eigenvalue weighted by molar-refractivity contribution is 7.80. The predicted octanol–water partition coefficient (Wildman–Crippen LogP) is 3.64. The van der Waals surface area contributed by atoms with Crippen LogP contribution in [0.25, 0.3) is 0 Å². The first-order valence-electron chi connectivity index (χ1n) is 7.45. The van der Waals surface area contributed by atoms with Gasteiger partial charge in [-0.3, -0.25) is 4.98 Å². The average Bonchev–Trinajstić information content (AvgIpc) is 2.67. The van der Waals surface area contributed by atoms with Crippen LogP contribution < -0.4 is 4.74 Å². The average molecular weight is 358 g/mol. The van der Waals surface area contributed by atoms with Crippen molar-refractivity contribution in [2.24, 2.45) is 0 Å². The molecule has 1 aromatic carbocycles. The fraction of sp³-hybridized carbons (Fsp3) is 0.111. The maximum absolute atomic E-state index is 16.0. The van der Waals surface area contributed by atoms with Gasteiger partial charge in [0.25, 0.3) is 5.00 Å². The number of ether oxygens (including phenoxy) is 1. The van der Waals surface area contributed by atoms with Crippen molar-refractivity contribution in [2.75, 3.05) is 0 Å². The van der Waals surface area contributed by atoms with E-state index in [0.717, 1.165) is 0 Å². The molecule has 0 aliphatic rings. The third kappa shape index (κ3) is 3.57. The first kappa shape index (κ1) is 17.2. The lowest BCUT2D eigenvalue weighted by Crippen LogP contribution is -2.37. The first-order chi connectivity index (χ1) is 12.1. The van der Waals surface area contributed by atoms with Crippen molar-refractivity contribution in [3.05, 3.63) is 90.4 Å². The quantitative estimate of drug-likeness (QED) is 0.681. The third-order valence-corrected chi connectivity index (χ3v) is 4.58. The van der Waals surface area contributed by atoms with Gasteiger partial charge in [0.2, 0.25) is 17.0 Å². The Bertz CT molecular complexity index is 837. The SMILES string of the molecule is O=S(O)[C@@](F)(c1ccccc1)[C@@H](Oc1ccccn1)c1cccnc1. The zero-order chi connectivity index (χ0) is 17.7. The number of pyridine rings is 2. The summed E-state index contributed by atoms with van der Waals surface area (Å²) in [4.78, 5) is 7.99. The fourth-order valence-corrected chi connectivity index (χ4v) is 3.14. The Balaban J connectivity index is 2.13. The van der Waals surface area contributed by atoms with Gasteiger partial charge in [-0.25, -0.2) is 13.6 Å². The van der Waals surface area contributed by atoms with E-state index >= 15 is 4.39 Å². The van der Waals surface area contributed by atoms with Gasteiger partial charge < -0.3 is 9.29 Å². The normalized spacial score (nSPS) is 15.8. The monoisotopic (exact) mass is 358 g/mol. The Morgan fingerprint density at radius 1 is 1.04 bits per heavy atom. The predicted molar refractivity (Wildman–Crippen MR) is 91.8 cm³/mol. The largest absolute Gasteiger partial charge is 0.464 e. The van der Waals surface area contributed by atoms with Gasteiger partial charge in [0.1, 0.15) is 0 Å². The van der Waals surface area contributed by atoms with Crippen molar-refractivity contribution >= 4 is 11.1 Å². The van der Waals surface area contributed by atoms with E-state index < -0.39 is 22.2 Å². The Labute approximate surface area is 146 Å². The van der Waals surface area contributed by atoms with E-state index in [2.05, 4.69) is 9.97 Å². The van der Waals surface area contributed by atoms with Crippen LogP contribution in [0, 0.1) is 0 Å². The van der Waals surface area contributed by atoms with Crippen molar-refractivity contribution in [1.82, 2.24) is 9.97 Å². The molecule has 3 atom stereocenters. The molecule has 1 unspecified atom stereocenters. The second kappa shape index (κ2) is 7.50. The smallest absolute Gasteiger partial charge is 0.275 e. The van der Waals surface area contributed by atoms with Crippen LogP contribution in [0.3, 0.4) is 0 Å². The van der Waals surface area contributed by atoms with Crippen LogP contribution in [0.1, 0.15) is 17.2 Å². The lowest BCUT2D eigenvalue weighted by molar-refractivity contribution is 0.0603. The number of aromatic nitrogens is 2. The topological polar surface area (TPSA) is 72.3 Å². The van der Waals surface area contributed by atoms with Crippen molar-refractivity contribution in [2.45, 2.75) is 11.1 Å². The molecule has 1 N–H and O–H groups in total. The maximum Gasteiger partial charge on any atom is 0.275 e. The van der Waals surface area contributed by atoms with Crippen LogP contribution >= 0.6 is 0 Å². The van der Waals surface area contributed by atoms with Crippen LogP contribution in [-0.2, 0) is 16.1 Å². The minimum absolute atomic E-state index is 0.0283. The molecule has 0 saturated carbocycles. The second-order valence-corrected chi connectivity index (χ2v) is 6.30. The molecule has 5 nitrogen and oxygen atoms in total. The summed E-state index contributed by atoms with van der Waals surface area (Å²) in [6, 6.07) is 15.9. The Kier molecular flexibility index (Phi) is 5.16. The van der Waals surface area contributed by atoms with Crippen molar-refractivity contribution in [3.63, 3.8) is 0 Å². The van der Waals surface area contributed by atoms with E-state index in [4.69, 9.17) is 4.74 Å². The molecule has 0 aliphatic heterocycles. The van der Waals surface area contributed by atoms with E-state index in [1.807, 2.05) is 0 Å². The van der Waals surface area contributed by atoms with E-state index in [9.17, 15) is 8.76 Å². The Hall–Kier alpha value is -2.64. The van der Waals surface area contributed by atoms with Gasteiger partial charge in [-0.1, -0.05) is 42.5 Å². The van der Waals surface area contributed by atoms with Gasteiger partial charge >= 0.3 is 0 Å². The van der Waals surface area contributed by atoms with Crippen LogP contribution in [0.2, 0.25) is 0 Å². The van der Waals surface area contributed by atoms with Crippen LogP contribution in [-0.4, -0.2) is 18.7 Å². The van der Waals surface area contributed by atoms with Gasteiger partial charge in [-0.05, 0) is 12.1 Å². The van der Waals surface area contributed by atoms with E-state index in [0.29, 0.717) is 5.56 Å². The lowest BCUT2D eigenvalue weighted by Gasteiger charge is -2.31. The molecular weight excluding hydrogens is 343 g/mol. The number of nitrogens with zero attached hydrogens (tertiary/aromatic N) is 2. The summed E-state index contributed by atoms with van der Waals surface area (Å²) in [5.41, 5.74) is 0.350. The van der Waals surface area contributed by atoms with Gasteiger partial charge in [0.05, 0.1) is 0 Å². The summed E-state index contributed by atoms with van der Waals surface area (Å²) in [5, 5.41) is -2.71. The van der Waals surface area contributed by atoms with E-state index in [-0.39, 0.29) is 11.4 Å². The summed E-state index contributed by atoms with van der Waals surface area (Å²) >= 11 is -2.87. The second-order valence-electron chi connectivity index (χ2n) is 5.21. The minimum atomic E-state index is -2.87. The summed E-state index contributed by atoms with van der Waals surface area (Å²) in [7, 11) is 0. The van der Waals surface area contributed by atoms with Gasteiger partial charge in [0, 0.05) is 35.8 Å². The molecule has 0 fully saturated rings. The number of rotatable bonds is 6. The van der Waals surface area contributed by atoms with Gasteiger partial charge in [0.15, 0.2) is 6.10 Å². The van der Waals surface area contributed by atoms with Gasteiger partial charge in [-0.15, -0.1) is 0 Å². The highest BCUT2D eigenvalue weighted by atomic mass is 32.2.